The molecule has 0 unspecified atom stereocenters. The average molecular weight is 1060 g/mol. The van der Waals surface area contributed by atoms with E-state index >= 15 is 0 Å². The van der Waals surface area contributed by atoms with Gasteiger partial charge in [0.15, 0.2) is 0 Å². The minimum absolute atomic E-state index is 0.414. The second kappa shape index (κ2) is 23.9. The van der Waals surface area contributed by atoms with Gasteiger partial charge in [0.25, 0.3) is 25.0 Å². The van der Waals surface area contributed by atoms with Crippen LogP contribution in [-0.4, -0.2) is 39.3 Å². The van der Waals surface area contributed by atoms with E-state index in [2.05, 4.69) is 0 Å². The molecule has 71 heavy (non-hydrogen) atoms. The van der Waals surface area contributed by atoms with Crippen molar-refractivity contribution in [2.24, 2.45) is 0 Å². The van der Waals surface area contributed by atoms with E-state index in [4.69, 9.17) is 3.67 Å². The predicted molar refractivity (Wildman–Crippen MR) is 259 cm³/mol. The summed E-state index contributed by atoms with van der Waals surface area (Å²) in [6.07, 6.45) is 0. The van der Waals surface area contributed by atoms with Crippen molar-refractivity contribution >= 4 is 71.6 Å². The van der Waals surface area contributed by atoms with Crippen LogP contribution in [0.5, 0.6) is 0 Å². The van der Waals surface area contributed by atoms with Gasteiger partial charge in [-0.2, -0.15) is 0 Å². The SMILES string of the molecule is O[Si](c1ccc(F)cc1)(c1ccc(F)cc1)c1ccc(F)cc1.O[Si](c1ccc(F)cc1)(c1ccc(F)cc1)c1ccc(F)cc1.O[Si](c1ccc(F)cc1)(c1ccc(F)cc1)c1ccc(F)cc1.[O]=[V]. The van der Waals surface area contributed by atoms with Crippen LogP contribution < -0.4 is 46.7 Å². The molecule has 9 aromatic carbocycles. The van der Waals surface area contributed by atoms with Crippen LogP contribution in [0.15, 0.2) is 218 Å². The standard InChI is InChI=1S/3C18H13F3OSi.O.V/c3*19-13-1-7-16(8-2-13)23(22,17-9-3-14(20)4-10-17)18-11-5-15(21)6-12-18;;/h3*1-12,22H;;. The molecule has 9 aromatic rings. The monoisotopic (exact) mass is 1060 g/mol. The summed E-state index contributed by atoms with van der Waals surface area (Å²) in [7, 11) is -10.3. The van der Waals surface area contributed by atoms with Crippen molar-refractivity contribution in [3.63, 3.8) is 0 Å². The Balaban J connectivity index is 0.000000171. The zero-order valence-electron chi connectivity index (χ0n) is 36.9. The Kier molecular flexibility index (Phi) is 18.1. The summed E-state index contributed by atoms with van der Waals surface area (Å²) in [5, 5.41) is 4.85. The van der Waals surface area contributed by atoms with E-state index in [1.54, 1.807) is 0 Å². The molecule has 9 rings (SSSR count). The zero-order chi connectivity index (χ0) is 51.3. The first-order chi connectivity index (χ1) is 34.0. The van der Waals surface area contributed by atoms with E-state index in [1.165, 1.54) is 218 Å². The molecule has 0 amide bonds. The van der Waals surface area contributed by atoms with Crippen LogP contribution in [-0.2, 0) is 21.0 Å². The zero-order valence-corrected chi connectivity index (χ0v) is 41.3. The molecule has 17 heteroatoms. The van der Waals surface area contributed by atoms with Crippen molar-refractivity contribution in [1.29, 1.82) is 0 Å². The van der Waals surface area contributed by atoms with Crippen LogP contribution in [0.2, 0.25) is 0 Å². The van der Waals surface area contributed by atoms with Gasteiger partial charge in [0.05, 0.1) is 0 Å². The number of hydrogen-bond acceptors (Lipinski definition) is 4. The molecule has 0 aliphatic rings. The predicted octanol–water partition coefficient (Wildman–Crippen LogP) is 6.07. The van der Waals surface area contributed by atoms with Crippen molar-refractivity contribution < 1.29 is 74.9 Å². The van der Waals surface area contributed by atoms with Gasteiger partial charge < -0.3 is 14.4 Å². The van der Waals surface area contributed by atoms with Gasteiger partial charge in [0, 0.05) is 0 Å². The fraction of sp³-hybridized carbons (Fsp3) is 0. The Bertz CT molecular complexity index is 2430. The average Bonchev–Trinajstić information content (AvgIpc) is 3.38. The van der Waals surface area contributed by atoms with Crippen molar-refractivity contribution in [2.45, 2.75) is 0 Å². The molecule has 0 bridgehead atoms. The molecule has 0 aromatic heterocycles. The van der Waals surface area contributed by atoms with Gasteiger partial charge >= 0.3 is 21.0 Å². The van der Waals surface area contributed by atoms with Gasteiger partial charge in [-0.15, -0.1) is 0 Å². The van der Waals surface area contributed by atoms with Gasteiger partial charge in [-0.1, -0.05) is 109 Å². The van der Waals surface area contributed by atoms with Crippen LogP contribution in [0.1, 0.15) is 0 Å². The van der Waals surface area contributed by atoms with Crippen LogP contribution >= 0.6 is 0 Å². The van der Waals surface area contributed by atoms with E-state index in [0.29, 0.717) is 46.7 Å². The molecular weight excluding hydrogens is 1020 g/mol. The summed E-state index contributed by atoms with van der Waals surface area (Å²) in [5.74, 6) is -3.72. The molecule has 0 saturated heterocycles. The fourth-order valence-electron chi connectivity index (χ4n) is 7.72. The summed E-state index contributed by atoms with van der Waals surface area (Å²) in [6, 6.07) is 49.9. The van der Waals surface area contributed by atoms with Crippen molar-refractivity contribution in [2.75, 3.05) is 0 Å². The molecule has 0 heterocycles. The third kappa shape index (κ3) is 12.6. The van der Waals surface area contributed by atoms with Crippen molar-refractivity contribution in [3.05, 3.63) is 271 Å². The molecule has 359 valence electrons. The van der Waals surface area contributed by atoms with Gasteiger partial charge in [-0.05, 0) is 156 Å². The Morgan fingerprint density at radius 3 is 0.338 bits per heavy atom. The molecule has 0 aliphatic heterocycles. The summed E-state index contributed by atoms with van der Waals surface area (Å²) in [6.45, 7) is 0. The normalized spacial score (nSPS) is 11.2. The Labute approximate surface area is 415 Å². The van der Waals surface area contributed by atoms with E-state index in [1.807, 2.05) is 0 Å². The van der Waals surface area contributed by atoms with E-state index < -0.39 is 77.3 Å². The summed E-state index contributed by atoms with van der Waals surface area (Å²) < 4.78 is 127. The molecule has 0 saturated carbocycles. The summed E-state index contributed by atoms with van der Waals surface area (Å²) >= 11 is 1.06. The van der Waals surface area contributed by atoms with Crippen LogP contribution in [0.25, 0.3) is 0 Å². The molecule has 3 N–H and O–H groups in total. The van der Waals surface area contributed by atoms with Crippen molar-refractivity contribution in [3.8, 4) is 0 Å². The quantitative estimate of drug-likeness (QED) is 0.0934. The third-order valence-corrected chi connectivity index (χ3v) is 21.9. The molecule has 0 radical (unpaired) electrons. The fourth-order valence-corrected chi connectivity index (χ4v) is 16.6. The van der Waals surface area contributed by atoms with Gasteiger partial charge in [-0.25, -0.2) is 39.5 Å². The first-order valence-corrected chi connectivity index (χ1v) is 27.6. The van der Waals surface area contributed by atoms with Crippen LogP contribution in [0.3, 0.4) is 0 Å². The molecule has 0 fully saturated rings. The van der Waals surface area contributed by atoms with Gasteiger partial charge in [0.1, 0.15) is 52.4 Å². The minimum atomic E-state index is -3.45. The second-order valence-electron chi connectivity index (χ2n) is 15.7. The Morgan fingerprint density at radius 1 is 0.197 bits per heavy atom. The first kappa shape index (κ1) is 53.6. The Hall–Kier alpha value is -6.73. The van der Waals surface area contributed by atoms with E-state index in [9.17, 15) is 53.9 Å². The summed E-state index contributed by atoms with van der Waals surface area (Å²) in [4.78, 5) is 34.4. The number of halogens is 9. The second-order valence-corrected chi connectivity index (χ2v) is 25.2. The van der Waals surface area contributed by atoms with E-state index in [0.717, 1.165) is 17.4 Å². The third-order valence-electron chi connectivity index (χ3n) is 11.4. The van der Waals surface area contributed by atoms with Crippen LogP contribution in [0.4, 0.5) is 39.5 Å². The number of benzene rings is 9. The maximum absolute atomic E-state index is 13.2. The molecule has 0 spiro atoms. The molecule has 0 atom stereocenters. The van der Waals surface area contributed by atoms with Crippen molar-refractivity contribution in [1.82, 2.24) is 0 Å². The topological polar surface area (TPSA) is 77.8 Å². The van der Waals surface area contributed by atoms with E-state index in [-0.39, 0.29) is 0 Å². The van der Waals surface area contributed by atoms with Gasteiger partial charge in [0.2, 0.25) is 0 Å². The molecule has 4 nitrogen and oxygen atoms in total. The molecular formula is C54H39F9O4Si3V. The number of hydrogen-bond donors (Lipinski definition) is 3. The Morgan fingerprint density at radius 2 is 0.268 bits per heavy atom. The first-order valence-electron chi connectivity index (χ1n) is 21.2. The summed E-state index contributed by atoms with van der Waals surface area (Å²) in [5.41, 5.74) is 0. The van der Waals surface area contributed by atoms with Gasteiger partial charge in [-0.3, -0.25) is 0 Å². The maximum atomic E-state index is 13.2. The van der Waals surface area contributed by atoms with Crippen LogP contribution in [0, 0.1) is 52.4 Å². The number of rotatable bonds is 9. The molecule has 0 aliphatic carbocycles.